The number of ketones is 1. The largest absolute Gasteiger partial charge is 0.489 e. The van der Waals surface area contributed by atoms with Gasteiger partial charge >= 0.3 is 5.97 Å². The molecule has 0 radical (unpaired) electrons. The van der Waals surface area contributed by atoms with Gasteiger partial charge in [-0.15, -0.1) is 0 Å². The third-order valence-corrected chi connectivity index (χ3v) is 5.06. The van der Waals surface area contributed by atoms with E-state index in [0.29, 0.717) is 29.2 Å². The van der Waals surface area contributed by atoms with Crippen molar-refractivity contribution in [2.45, 2.75) is 6.61 Å². The highest BCUT2D eigenvalue weighted by Crippen LogP contribution is 2.35. The maximum atomic E-state index is 12.6. The van der Waals surface area contributed by atoms with Gasteiger partial charge in [0.25, 0.3) is 0 Å². The molecule has 30 heavy (non-hydrogen) atoms. The van der Waals surface area contributed by atoms with E-state index in [1.54, 1.807) is 48.5 Å². The smallest absolute Gasteiger partial charge is 0.337 e. The summed E-state index contributed by atoms with van der Waals surface area (Å²) in [5.74, 6) is 0.797. The number of halogens is 1. The second-order valence-electron chi connectivity index (χ2n) is 6.63. The van der Waals surface area contributed by atoms with Crippen LogP contribution in [0, 0.1) is 0 Å². The molecule has 3 aromatic carbocycles. The Bertz CT molecular complexity index is 1150. The van der Waals surface area contributed by atoms with Crippen LogP contribution in [0.3, 0.4) is 0 Å². The van der Waals surface area contributed by atoms with E-state index in [9.17, 15) is 9.59 Å². The molecule has 0 saturated heterocycles. The first kappa shape index (κ1) is 19.9. The van der Waals surface area contributed by atoms with Crippen molar-refractivity contribution in [3.05, 3.63) is 99.2 Å². The molecule has 5 nitrogen and oxygen atoms in total. The van der Waals surface area contributed by atoms with Crippen molar-refractivity contribution in [3.63, 3.8) is 0 Å². The van der Waals surface area contributed by atoms with Crippen molar-refractivity contribution in [2.24, 2.45) is 0 Å². The molecule has 1 aliphatic heterocycles. The van der Waals surface area contributed by atoms with Gasteiger partial charge in [0.15, 0.2) is 5.76 Å². The Kier molecular flexibility index (Phi) is 5.68. The van der Waals surface area contributed by atoms with Gasteiger partial charge in [-0.3, -0.25) is 4.79 Å². The van der Waals surface area contributed by atoms with Crippen molar-refractivity contribution in [1.29, 1.82) is 0 Å². The van der Waals surface area contributed by atoms with Crippen molar-refractivity contribution >= 4 is 33.8 Å². The Morgan fingerprint density at radius 1 is 1.07 bits per heavy atom. The normalized spacial score (nSPS) is 13.7. The zero-order valence-corrected chi connectivity index (χ0v) is 17.6. The molecule has 0 aromatic heterocycles. The van der Waals surface area contributed by atoms with Crippen molar-refractivity contribution in [1.82, 2.24) is 0 Å². The topological polar surface area (TPSA) is 61.8 Å². The van der Waals surface area contributed by atoms with E-state index < -0.39 is 0 Å². The van der Waals surface area contributed by atoms with Gasteiger partial charge in [-0.25, -0.2) is 4.79 Å². The quantitative estimate of drug-likeness (QED) is 0.372. The zero-order chi connectivity index (χ0) is 21.1. The Morgan fingerprint density at radius 3 is 2.60 bits per heavy atom. The first-order valence-electron chi connectivity index (χ1n) is 9.17. The molecule has 0 fully saturated rings. The van der Waals surface area contributed by atoms with Crippen LogP contribution >= 0.6 is 15.9 Å². The fourth-order valence-electron chi connectivity index (χ4n) is 3.03. The highest BCUT2D eigenvalue weighted by Gasteiger charge is 2.27. The highest BCUT2D eigenvalue weighted by molar-refractivity contribution is 9.10. The van der Waals surface area contributed by atoms with Crippen LogP contribution in [0.4, 0.5) is 0 Å². The molecule has 0 atom stereocenters. The predicted octanol–water partition coefficient (Wildman–Crippen LogP) is 5.43. The van der Waals surface area contributed by atoms with Crippen molar-refractivity contribution in [2.75, 3.05) is 7.11 Å². The molecule has 0 bridgehead atoms. The van der Waals surface area contributed by atoms with Gasteiger partial charge in [-0.05, 0) is 53.6 Å². The van der Waals surface area contributed by atoms with Crippen LogP contribution in [0.5, 0.6) is 11.5 Å². The molecule has 1 heterocycles. The number of esters is 1. The summed E-state index contributed by atoms with van der Waals surface area (Å²) < 4.78 is 17.2. The Morgan fingerprint density at radius 2 is 1.87 bits per heavy atom. The molecule has 4 rings (SSSR count). The minimum Gasteiger partial charge on any atom is -0.489 e. The number of hydrogen-bond donors (Lipinski definition) is 0. The standard InChI is InChI=1S/C24H17BrO5/c1-28-24(27)17-7-5-15(6-8-17)14-29-19-9-10-20-21(13-19)30-22(23(20)26)12-16-3-2-4-18(25)11-16/h2-13H,14H2,1H3/b22-12-. The average Bonchev–Trinajstić information content (AvgIpc) is 3.06. The Balaban J connectivity index is 1.46. The molecule has 0 saturated carbocycles. The summed E-state index contributed by atoms with van der Waals surface area (Å²) in [5, 5.41) is 0. The molecule has 0 unspecified atom stereocenters. The molecular weight excluding hydrogens is 448 g/mol. The van der Waals surface area contributed by atoms with Gasteiger partial charge in [0.05, 0.1) is 18.2 Å². The number of carbonyl (C=O) groups excluding carboxylic acids is 2. The molecule has 0 aliphatic carbocycles. The van der Waals surface area contributed by atoms with Crippen LogP contribution < -0.4 is 9.47 Å². The number of benzene rings is 3. The minimum absolute atomic E-state index is 0.157. The van der Waals surface area contributed by atoms with E-state index in [4.69, 9.17) is 14.2 Å². The van der Waals surface area contributed by atoms with E-state index in [0.717, 1.165) is 15.6 Å². The molecule has 3 aromatic rings. The van der Waals surface area contributed by atoms with Crippen molar-refractivity contribution < 1.29 is 23.8 Å². The lowest BCUT2D eigenvalue weighted by molar-refractivity contribution is 0.0600. The Hall–Kier alpha value is -3.38. The minimum atomic E-state index is -0.380. The fraction of sp³-hybridized carbons (Fsp3) is 0.0833. The first-order chi connectivity index (χ1) is 14.5. The molecule has 0 N–H and O–H groups in total. The number of methoxy groups -OCH3 is 1. The van der Waals surface area contributed by atoms with Crippen LogP contribution in [0.1, 0.15) is 31.8 Å². The van der Waals surface area contributed by atoms with Gasteiger partial charge in [0.2, 0.25) is 5.78 Å². The number of ether oxygens (including phenoxy) is 3. The number of hydrogen-bond acceptors (Lipinski definition) is 5. The second-order valence-corrected chi connectivity index (χ2v) is 7.55. The van der Waals surface area contributed by atoms with Gasteiger partial charge in [0, 0.05) is 10.5 Å². The van der Waals surface area contributed by atoms with Crippen LogP contribution in [0.15, 0.2) is 77.0 Å². The van der Waals surface area contributed by atoms with Crippen LogP contribution in [0.2, 0.25) is 0 Å². The summed E-state index contributed by atoms with van der Waals surface area (Å²) in [5.41, 5.74) is 2.75. The molecular formula is C24H17BrO5. The average molecular weight is 465 g/mol. The summed E-state index contributed by atoms with van der Waals surface area (Å²) in [7, 11) is 1.35. The maximum absolute atomic E-state index is 12.6. The monoisotopic (exact) mass is 464 g/mol. The van der Waals surface area contributed by atoms with Crippen LogP contribution in [-0.4, -0.2) is 18.9 Å². The number of fused-ring (bicyclic) bond motifs is 1. The number of carbonyl (C=O) groups is 2. The molecule has 1 aliphatic rings. The highest BCUT2D eigenvalue weighted by atomic mass is 79.9. The van der Waals surface area contributed by atoms with Crippen LogP contribution in [-0.2, 0) is 11.3 Å². The molecule has 0 spiro atoms. The molecule has 150 valence electrons. The predicted molar refractivity (Wildman–Crippen MR) is 116 cm³/mol. The van der Waals surface area contributed by atoms with Gasteiger partial charge in [0.1, 0.15) is 18.1 Å². The van der Waals surface area contributed by atoms with E-state index >= 15 is 0 Å². The van der Waals surface area contributed by atoms with E-state index in [2.05, 4.69) is 15.9 Å². The lowest BCUT2D eigenvalue weighted by Gasteiger charge is -2.08. The number of allylic oxidation sites excluding steroid dienone is 1. The van der Waals surface area contributed by atoms with Gasteiger partial charge in [-0.1, -0.05) is 40.2 Å². The maximum Gasteiger partial charge on any atom is 0.337 e. The fourth-order valence-corrected chi connectivity index (χ4v) is 3.44. The van der Waals surface area contributed by atoms with E-state index in [1.807, 2.05) is 24.3 Å². The molecule has 6 heteroatoms. The summed E-state index contributed by atoms with van der Waals surface area (Å²) in [6, 6.07) is 19.8. The van der Waals surface area contributed by atoms with E-state index in [-0.39, 0.29) is 17.5 Å². The third kappa shape index (κ3) is 4.28. The van der Waals surface area contributed by atoms with Gasteiger partial charge in [-0.2, -0.15) is 0 Å². The van der Waals surface area contributed by atoms with Gasteiger partial charge < -0.3 is 14.2 Å². The second kappa shape index (κ2) is 8.55. The summed E-state index contributed by atoms with van der Waals surface area (Å²) in [6.45, 7) is 0.314. The zero-order valence-electron chi connectivity index (χ0n) is 16.1. The lowest BCUT2D eigenvalue weighted by Crippen LogP contribution is -2.02. The first-order valence-corrected chi connectivity index (χ1v) is 9.97. The van der Waals surface area contributed by atoms with E-state index in [1.165, 1.54) is 7.11 Å². The Labute approximate surface area is 182 Å². The van der Waals surface area contributed by atoms with Crippen molar-refractivity contribution in [3.8, 4) is 11.5 Å². The number of rotatable bonds is 5. The summed E-state index contributed by atoms with van der Waals surface area (Å²) >= 11 is 3.42. The number of Topliss-reactive ketones (excluding diaryl/α,β-unsaturated/α-hetero) is 1. The molecule has 0 amide bonds. The third-order valence-electron chi connectivity index (χ3n) is 4.57. The lowest BCUT2D eigenvalue weighted by atomic mass is 10.1. The SMILES string of the molecule is COC(=O)c1ccc(COc2ccc3c(c2)O/C(=C\c2cccc(Br)c2)C3=O)cc1. The summed E-state index contributed by atoms with van der Waals surface area (Å²) in [4.78, 5) is 24.1. The van der Waals surface area contributed by atoms with Crippen LogP contribution in [0.25, 0.3) is 6.08 Å². The summed E-state index contributed by atoms with van der Waals surface area (Å²) in [6.07, 6.45) is 1.72.